The Balaban J connectivity index is -0.00000684. The quantitative estimate of drug-likeness (QED) is 0.0737. The van der Waals surface area contributed by atoms with Crippen molar-refractivity contribution >= 4 is 0 Å². The Bertz CT molecular complexity index is 398. The Hall–Kier alpha value is 0.500. The third-order valence-electron chi connectivity index (χ3n) is 9.39. The lowest BCUT2D eigenvalue weighted by Gasteiger charge is -2.40. The van der Waals surface area contributed by atoms with Gasteiger partial charge in [-0.2, -0.15) is 0 Å². The lowest BCUT2D eigenvalue weighted by Crippen LogP contribution is -3.00. The Morgan fingerprint density at radius 2 is 0.425 bits per heavy atom. The molecule has 0 saturated heterocycles. The predicted octanol–water partition coefficient (Wildman–Crippen LogP) is 5.33. The van der Waals surface area contributed by atoms with Crippen molar-refractivity contribution in [1.29, 1.82) is 0 Å². The van der Waals surface area contributed by atoms with Crippen LogP contribution in [-0.2, 0) is 0 Å². The Kier molecular flexibility index (Phi) is 36.4. The van der Waals surface area contributed by atoms with Crippen molar-refractivity contribution in [3.63, 3.8) is 0 Å². The number of hydrogen-bond donors (Lipinski definition) is 0. The maximum atomic E-state index is 2.62. The minimum absolute atomic E-state index is 0. The molecule has 0 atom stereocenters. The molecule has 2 nitrogen and oxygen atoms in total. The van der Waals surface area contributed by atoms with Crippen LogP contribution in [0.2, 0.25) is 0 Å². The van der Waals surface area contributed by atoms with Crippen molar-refractivity contribution in [2.45, 2.75) is 182 Å². The van der Waals surface area contributed by atoms with Gasteiger partial charge in [0.15, 0.2) is 0 Å². The van der Waals surface area contributed by atoms with E-state index in [-0.39, 0.29) is 24.8 Å². The summed E-state index contributed by atoms with van der Waals surface area (Å²) >= 11 is 0. The summed E-state index contributed by atoms with van der Waals surface area (Å²) in [6, 6.07) is 0. The molecule has 0 amide bonds. The SMILES string of the molecule is CCCCCCCC[N+](C)(CCCCCCCC)CC[N+](C)(CCCCCCCC)CCCCCCCC.[Cl-].[Cl-]. The van der Waals surface area contributed by atoms with Gasteiger partial charge in [0.25, 0.3) is 0 Å². The van der Waals surface area contributed by atoms with Crippen molar-refractivity contribution < 1.29 is 33.8 Å². The third-order valence-corrected chi connectivity index (χ3v) is 9.39. The van der Waals surface area contributed by atoms with Gasteiger partial charge in [-0.3, -0.25) is 0 Å². The van der Waals surface area contributed by atoms with E-state index < -0.39 is 0 Å². The van der Waals surface area contributed by atoms with Gasteiger partial charge >= 0.3 is 0 Å². The van der Waals surface area contributed by atoms with Crippen molar-refractivity contribution in [2.24, 2.45) is 0 Å². The standard InChI is InChI=1S/C36H78N2.2ClH/c1-7-11-15-19-23-27-31-37(5,32-28-24-20-16-12-8-2)35-36-38(6,33-29-25-21-17-13-9-3)34-30-26-22-18-14-10-4;;/h7-36H2,1-6H3;2*1H/q+2;;/p-2. The fraction of sp³-hybridized carbons (Fsp3) is 1.00. The summed E-state index contributed by atoms with van der Waals surface area (Å²) in [4.78, 5) is 0. The molecule has 246 valence electrons. The average Bonchev–Trinajstić information content (AvgIpc) is 2.91. The van der Waals surface area contributed by atoms with E-state index in [4.69, 9.17) is 0 Å². The summed E-state index contributed by atoms with van der Waals surface area (Å²) in [5, 5.41) is 0. The second-order valence-electron chi connectivity index (χ2n) is 13.7. The average molecular weight is 610 g/mol. The highest BCUT2D eigenvalue weighted by molar-refractivity contribution is 4.53. The van der Waals surface area contributed by atoms with Gasteiger partial charge in [-0.15, -0.1) is 0 Å². The number of hydrogen-bond acceptors (Lipinski definition) is 0. The normalized spacial score (nSPS) is 11.8. The molecule has 40 heavy (non-hydrogen) atoms. The molecule has 0 radical (unpaired) electrons. The van der Waals surface area contributed by atoms with Crippen molar-refractivity contribution in [1.82, 2.24) is 0 Å². The lowest BCUT2D eigenvalue weighted by molar-refractivity contribution is -0.964. The summed E-state index contributed by atoms with van der Waals surface area (Å²) in [6.45, 7) is 17.8. The molecule has 0 aromatic heterocycles. The second kappa shape index (κ2) is 32.4. The third kappa shape index (κ3) is 28.6. The molecular formula is C36H78Cl2N2. The van der Waals surface area contributed by atoms with Crippen molar-refractivity contribution in [2.75, 3.05) is 53.4 Å². The molecule has 0 aliphatic heterocycles. The highest BCUT2D eigenvalue weighted by Gasteiger charge is 2.28. The minimum atomic E-state index is 0. The van der Waals surface area contributed by atoms with E-state index in [1.165, 1.54) is 202 Å². The largest absolute Gasteiger partial charge is 1.00 e. The van der Waals surface area contributed by atoms with E-state index in [1.807, 2.05) is 0 Å². The zero-order valence-corrected chi connectivity index (χ0v) is 30.4. The Labute approximate surface area is 268 Å². The maximum absolute atomic E-state index is 2.62. The predicted molar refractivity (Wildman–Crippen MR) is 175 cm³/mol. The highest BCUT2D eigenvalue weighted by Crippen LogP contribution is 2.18. The summed E-state index contributed by atoms with van der Waals surface area (Å²) < 4.78 is 2.67. The van der Waals surface area contributed by atoms with Gasteiger partial charge in [-0.05, 0) is 51.4 Å². The van der Waals surface area contributed by atoms with Crippen LogP contribution in [0.15, 0.2) is 0 Å². The molecule has 0 N–H and O–H groups in total. The maximum Gasteiger partial charge on any atom is 0.128 e. The van der Waals surface area contributed by atoms with Gasteiger partial charge in [0, 0.05) is 0 Å². The first kappa shape index (κ1) is 44.9. The van der Waals surface area contributed by atoms with Crippen molar-refractivity contribution in [3.05, 3.63) is 0 Å². The first-order valence-corrected chi connectivity index (χ1v) is 18.1. The molecular weight excluding hydrogens is 531 g/mol. The van der Waals surface area contributed by atoms with Crippen LogP contribution in [0.3, 0.4) is 0 Å². The van der Waals surface area contributed by atoms with Gasteiger partial charge in [0.1, 0.15) is 13.1 Å². The van der Waals surface area contributed by atoms with Crippen LogP contribution in [0.5, 0.6) is 0 Å². The van der Waals surface area contributed by atoms with Crippen LogP contribution < -0.4 is 24.8 Å². The summed E-state index contributed by atoms with van der Waals surface area (Å²) in [5.74, 6) is 0. The molecule has 4 heteroatoms. The van der Waals surface area contributed by atoms with Gasteiger partial charge in [-0.1, -0.05) is 130 Å². The smallest absolute Gasteiger partial charge is 0.128 e. The number of likely N-dealkylation sites (N-methyl/N-ethyl adjacent to an activating group) is 2. The molecule has 0 aromatic carbocycles. The lowest BCUT2D eigenvalue weighted by atomic mass is 10.1. The van der Waals surface area contributed by atoms with Gasteiger partial charge in [-0.25, -0.2) is 0 Å². The molecule has 0 unspecified atom stereocenters. The van der Waals surface area contributed by atoms with Crippen LogP contribution in [-0.4, -0.2) is 62.3 Å². The zero-order valence-electron chi connectivity index (χ0n) is 28.9. The summed E-state index contributed by atoms with van der Waals surface area (Å²) in [6.07, 6.45) is 34.3. The minimum Gasteiger partial charge on any atom is -1.00 e. The second-order valence-corrected chi connectivity index (χ2v) is 13.7. The fourth-order valence-corrected chi connectivity index (χ4v) is 6.25. The highest BCUT2D eigenvalue weighted by atomic mass is 35.5. The molecule has 0 heterocycles. The monoisotopic (exact) mass is 609 g/mol. The molecule has 0 aromatic rings. The molecule has 0 fully saturated rings. The molecule has 0 spiro atoms. The van der Waals surface area contributed by atoms with Gasteiger partial charge < -0.3 is 33.8 Å². The van der Waals surface area contributed by atoms with Crippen LogP contribution in [0.1, 0.15) is 182 Å². The number of rotatable bonds is 31. The van der Waals surface area contributed by atoms with E-state index in [0.717, 1.165) is 0 Å². The first-order valence-electron chi connectivity index (χ1n) is 18.1. The number of nitrogens with zero attached hydrogens (tertiary/aromatic N) is 2. The molecule has 0 bridgehead atoms. The topological polar surface area (TPSA) is 0 Å². The molecule has 0 aliphatic carbocycles. The van der Waals surface area contributed by atoms with E-state index in [1.54, 1.807) is 0 Å². The van der Waals surface area contributed by atoms with Crippen LogP contribution in [0.4, 0.5) is 0 Å². The molecule has 0 aliphatic rings. The van der Waals surface area contributed by atoms with Crippen LogP contribution in [0, 0.1) is 0 Å². The van der Waals surface area contributed by atoms with E-state index in [9.17, 15) is 0 Å². The van der Waals surface area contributed by atoms with E-state index >= 15 is 0 Å². The summed E-state index contributed by atoms with van der Waals surface area (Å²) in [5.41, 5.74) is 0. The number of halogens is 2. The zero-order chi connectivity index (χ0) is 28.2. The molecule has 0 saturated carbocycles. The number of quaternary nitrogens is 2. The van der Waals surface area contributed by atoms with Crippen molar-refractivity contribution in [3.8, 4) is 0 Å². The number of unbranched alkanes of at least 4 members (excludes halogenated alkanes) is 20. The molecule has 0 rings (SSSR count). The fourth-order valence-electron chi connectivity index (χ4n) is 6.25. The van der Waals surface area contributed by atoms with Gasteiger partial charge in [0.05, 0.1) is 40.3 Å². The van der Waals surface area contributed by atoms with Crippen LogP contribution in [0.25, 0.3) is 0 Å². The van der Waals surface area contributed by atoms with Gasteiger partial charge in [0.2, 0.25) is 0 Å². The first-order chi connectivity index (χ1) is 18.4. The summed E-state index contributed by atoms with van der Waals surface area (Å²) in [7, 11) is 5.25. The van der Waals surface area contributed by atoms with E-state index in [0.29, 0.717) is 0 Å². The van der Waals surface area contributed by atoms with E-state index in [2.05, 4.69) is 41.8 Å². The Morgan fingerprint density at radius 3 is 0.625 bits per heavy atom. The Morgan fingerprint density at radius 1 is 0.250 bits per heavy atom. The van der Waals surface area contributed by atoms with Crippen LogP contribution >= 0.6 is 0 Å².